The SMILES string of the molecule is Cl.ClCc1ccc2cccc(-c3cccc4ccccc34)c2n1. The lowest BCUT2D eigenvalue weighted by Crippen LogP contribution is -1.90. The fourth-order valence-corrected chi connectivity index (χ4v) is 3.09. The number of benzene rings is 3. The summed E-state index contributed by atoms with van der Waals surface area (Å²) in [6, 6.07) is 25.2. The maximum atomic E-state index is 5.96. The van der Waals surface area contributed by atoms with Crippen LogP contribution in [0.25, 0.3) is 32.8 Å². The van der Waals surface area contributed by atoms with E-state index in [0.717, 1.165) is 22.2 Å². The second-order valence-corrected chi connectivity index (χ2v) is 5.61. The highest BCUT2D eigenvalue weighted by Crippen LogP contribution is 2.33. The molecule has 1 heterocycles. The molecule has 4 aromatic rings. The Labute approximate surface area is 146 Å². The number of hydrogen-bond donors (Lipinski definition) is 0. The van der Waals surface area contributed by atoms with Gasteiger partial charge in [0.25, 0.3) is 0 Å². The number of alkyl halides is 1. The van der Waals surface area contributed by atoms with Crippen molar-refractivity contribution in [2.45, 2.75) is 5.88 Å². The van der Waals surface area contributed by atoms with E-state index in [1.165, 1.54) is 16.3 Å². The predicted octanol–water partition coefficient (Wildman–Crippen LogP) is 6.22. The molecule has 0 fully saturated rings. The van der Waals surface area contributed by atoms with Crippen LogP contribution >= 0.6 is 24.0 Å². The van der Waals surface area contributed by atoms with E-state index in [9.17, 15) is 0 Å². The van der Waals surface area contributed by atoms with E-state index in [1.807, 2.05) is 6.07 Å². The number of pyridine rings is 1. The van der Waals surface area contributed by atoms with Gasteiger partial charge in [-0.1, -0.05) is 66.7 Å². The monoisotopic (exact) mass is 339 g/mol. The van der Waals surface area contributed by atoms with E-state index in [4.69, 9.17) is 16.6 Å². The maximum Gasteiger partial charge on any atom is 0.0784 e. The normalized spacial score (nSPS) is 10.7. The smallest absolute Gasteiger partial charge is 0.0784 e. The van der Waals surface area contributed by atoms with Gasteiger partial charge in [0, 0.05) is 10.9 Å². The van der Waals surface area contributed by atoms with Gasteiger partial charge in [-0.25, -0.2) is 0 Å². The van der Waals surface area contributed by atoms with Crippen molar-refractivity contribution in [3.63, 3.8) is 0 Å². The van der Waals surface area contributed by atoms with Crippen LogP contribution in [0, 0.1) is 0 Å². The van der Waals surface area contributed by atoms with Crippen LogP contribution in [0.4, 0.5) is 0 Å². The second-order valence-electron chi connectivity index (χ2n) is 5.34. The number of aromatic nitrogens is 1. The minimum Gasteiger partial charge on any atom is -0.251 e. The summed E-state index contributed by atoms with van der Waals surface area (Å²) in [6.45, 7) is 0. The van der Waals surface area contributed by atoms with Gasteiger partial charge in [0.1, 0.15) is 0 Å². The average Bonchev–Trinajstić information content (AvgIpc) is 2.60. The van der Waals surface area contributed by atoms with Crippen LogP contribution in [0.15, 0.2) is 72.8 Å². The molecule has 0 aliphatic carbocycles. The summed E-state index contributed by atoms with van der Waals surface area (Å²) in [6.07, 6.45) is 0. The van der Waals surface area contributed by atoms with Gasteiger partial charge in [-0.05, 0) is 22.4 Å². The van der Waals surface area contributed by atoms with Crippen molar-refractivity contribution in [1.29, 1.82) is 0 Å². The van der Waals surface area contributed by atoms with Crippen LogP contribution < -0.4 is 0 Å². The molecule has 0 atom stereocenters. The quantitative estimate of drug-likeness (QED) is 0.395. The minimum atomic E-state index is 0. The molecule has 1 nitrogen and oxygen atoms in total. The van der Waals surface area contributed by atoms with E-state index in [2.05, 4.69) is 66.7 Å². The van der Waals surface area contributed by atoms with Gasteiger partial charge in [-0.2, -0.15) is 0 Å². The van der Waals surface area contributed by atoms with Gasteiger partial charge < -0.3 is 0 Å². The van der Waals surface area contributed by atoms with E-state index >= 15 is 0 Å². The molecule has 23 heavy (non-hydrogen) atoms. The van der Waals surface area contributed by atoms with E-state index in [0.29, 0.717) is 5.88 Å². The maximum absolute atomic E-state index is 5.96. The molecule has 0 aliphatic rings. The number of nitrogens with zero attached hydrogens (tertiary/aromatic N) is 1. The first kappa shape index (κ1) is 15.8. The molecule has 0 bridgehead atoms. The van der Waals surface area contributed by atoms with Gasteiger partial charge in [0.05, 0.1) is 17.1 Å². The Morgan fingerprint density at radius 2 is 1.39 bits per heavy atom. The molecule has 0 aliphatic heterocycles. The highest BCUT2D eigenvalue weighted by atomic mass is 35.5. The number of para-hydroxylation sites is 1. The van der Waals surface area contributed by atoms with Crippen molar-refractivity contribution in [2.24, 2.45) is 0 Å². The molecule has 114 valence electrons. The van der Waals surface area contributed by atoms with Gasteiger partial charge in [0.2, 0.25) is 0 Å². The molecule has 3 heteroatoms. The van der Waals surface area contributed by atoms with E-state index in [1.54, 1.807) is 0 Å². The summed E-state index contributed by atoms with van der Waals surface area (Å²) < 4.78 is 0. The molecule has 0 unspecified atom stereocenters. The third-order valence-electron chi connectivity index (χ3n) is 3.99. The lowest BCUT2D eigenvalue weighted by molar-refractivity contribution is 1.22. The summed E-state index contributed by atoms with van der Waals surface area (Å²) in [4.78, 5) is 4.74. The minimum absolute atomic E-state index is 0. The van der Waals surface area contributed by atoms with E-state index in [-0.39, 0.29) is 12.4 Å². The molecule has 0 saturated heterocycles. The Morgan fingerprint density at radius 1 is 0.696 bits per heavy atom. The zero-order chi connectivity index (χ0) is 14.9. The molecule has 0 N–H and O–H groups in total. The third kappa shape index (κ3) is 2.78. The molecule has 0 radical (unpaired) electrons. The zero-order valence-electron chi connectivity index (χ0n) is 12.4. The largest absolute Gasteiger partial charge is 0.251 e. The van der Waals surface area contributed by atoms with Crippen LogP contribution in [0.3, 0.4) is 0 Å². The number of halogens is 2. The summed E-state index contributed by atoms with van der Waals surface area (Å²) in [5.41, 5.74) is 4.28. The van der Waals surface area contributed by atoms with E-state index < -0.39 is 0 Å². The highest BCUT2D eigenvalue weighted by Gasteiger charge is 2.09. The first-order chi connectivity index (χ1) is 10.9. The predicted molar refractivity (Wildman–Crippen MR) is 101 cm³/mol. The van der Waals surface area contributed by atoms with Crippen molar-refractivity contribution in [1.82, 2.24) is 4.98 Å². The Morgan fingerprint density at radius 3 is 2.22 bits per heavy atom. The van der Waals surface area contributed by atoms with Crippen LogP contribution in [0.2, 0.25) is 0 Å². The molecule has 1 aromatic heterocycles. The highest BCUT2D eigenvalue weighted by molar-refractivity contribution is 6.17. The standard InChI is InChI=1S/C20H14ClN.ClH/c21-13-16-12-11-15-7-4-10-19(20(15)22-16)18-9-3-6-14-5-1-2-8-17(14)18;/h1-12H,13H2;1H. The molecule has 3 aromatic carbocycles. The Bertz CT molecular complexity index is 974. The van der Waals surface area contributed by atoms with Crippen LogP contribution in [0.5, 0.6) is 0 Å². The zero-order valence-corrected chi connectivity index (χ0v) is 13.9. The van der Waals surface area contributed by atoms with Gasteiger partial charge in [-0.15, -0.1) is 24.0 Å². The first-order valence-electron chi connectivity index (χ1n) is 7.29. The van der Waals surface area contributed by atoms with Crippen LogP contribution in [0.1, 0.15) is 5.69 Å². The molecule has 0 spiro atoms. The van der Waals surface area contributed by atoms with Gasteiger partial charge in [0.15, 0.2) is 0 Å². The number of fused-ring (bicyclic) bond motifs is 2. The first-order valence-corrected chi connectivity index (χ1v) is 7.83. The Kier molecular flexibility index (Phi) is 4.51. The fourth-order valence-electron chi connectivity index (χ4n) is 2.94. The van der Waals surface area contributed by atoms with Crippen LogP contribution in [-0.4, -0.2) is 4.98 Å². The third-order valence-corrected chi connectivity index (χ3v) is 4.27. The molecule has 0 saturated carbocycles. The lowest BCUT2D eigenvalue weighted by atomic mass is 9.96. The molecular formula is C20H15Cl2N. The van der Waals surface area contributed by atoms with Crippen molar-refractivity contribution in [3.05, 3.63) is 78.5 Å². The average molecular weight is 340 g/mol. The van der Waals surface area contributed by atoms with Crippen molar-refractivity contribution in [3.8, 4) is 11.1 Å². The van der Waals surface area contributed by atoms with Crippen molar-refractivity contribution < 1.29 is 0 Å². The van der Waals surface area contributed by atoms with Crippen molar-refractivity contribution in [2.75, 3.05) is 0 Å². The van der Waals surface area contributed by atoms with Gasteiger partial charge in [-0.3, -0.25) is 4.98 Å². The van der Waals surface area contributed by atoms with Crippen molar-refractivity contribution >= 4 is 45.7 Å². The molecule has 0 amide bonds. The number of rotatable bonds is 2. The summed E-state index contributed by atoms with van der Waals surface area (Å²) in [5, 5.41) is 3.63. The second kappa shape index (κ2) is 6.57. The Hall–Kier alpha value is -2.09. The topological polar surface area (TPSA) is 12.9 Å². The number of hydrogen-bond acceptors (Lipinski definition) is 1. The fraction of sp³-hybridized carbons (Fsp3) is 0.0500. The summed E-state index contributed by atoms with van der Waals surface area (Å²) in [7, 11) is 0. The molecule has 4 rings (SSSR count). The summed E-state index contributed by atoms with van der Waals surface area (Å²) >= 11 is 5.96. The summed E-state index contributed by atoms with van der Waals surface area (Å²) in [5.74, 6) is 0.430. The lowest BCUT2D eigenvalue weighted by Gasteiger charge is -2.10. The molecular weight excluding hydrogens is 325 g/mol. The Balaban J connectivity index is 0.00000156. The van der Waals surface area contributed by atoms with Crippen LogP contribution in [-0.2, 0) is 5.88 Å². The van der Waals surface area contributed by atoms with Gasteiger partial charge >= 0.3 is 0 Å².